The highest BCUT2D eigenvalue weighted by Gasteiger charge is 2.47. The SMILES string of the molecule is CNc1c(C2CC2C(N)=O)c(C#N)nn1-c1c(Cl)cc(C(F)(F)F)cc1Cl. The fourth-order valence-corrected chi connectivity index (χ4v) is 3.67. The third kappa shape index (κ3) is 3.31. The molecule has 11 heteroatoms. The van der Waals surface area contributed by atoms with Crippen LogP contribution < -0.4 is 11.1 Å². The summed E-state index contributed by atoms with van der Waals surface area (Å²) < 4.78 is 40.0. The summed E-state index contributed by atoms with van der Waals surface area (Å²) in [7, 11) is 1.55. The predicted molar refractivity (Wildman–Crippen MR) is 92.9 cm³/mol. The molecule has 0 aliphatic heterocycles. The van der Waals surface area contributed by atoms with Gasteiger partial charge in [-0.25, -0.2) is 4.68 Å². The van der Waals surface area contributed by atoms with E-state index >= 15 is 0 Å². The number of anilines is 1. The Labute approximate surface area is 161 Å². The maximum absolute atomic E-state index is 12.9. The molecule has 2 aromatic rings. The van der Waals surface area contributed by atoms with Gasteiger partial charge in [0.15, 0.2) is 5.69 Å². The number of halogens is 5. The Morgan fingerprint density at radius 2 is 2.00 bits per heavy atom. The van der Waals surface area contributed by atoms with Crippen LogP contribution in [0.3, 0.4) is 0 Å². The van der Waals surface area contributed by atoms with Gasteiger partial charge in [-0.3, -0.25) is 4.79 Å². The van der Waals surface area contributed by atoms with E-state index in [-0.39, 0.29) is 27.3 Å². The average Bonchev–Trinajstić information content (AvgIpc) is 3.28. The first-order valence-corrected chi connectivity index (χ1v) is 8.42. The summed E-state index contributed by atoms with van der Waals surface area (Å²) in [6.07, 6.45) is -4.16. The summed E-state index contributed by atoms with van der Waals surface area (Å²) in [5.74, 6) is -0.922. The molecule has 1 saturated carbocycles. The molecule has 1 fully saturated rings. The van der Waals surface area contributed by atoms with E-state index in [0.717, 1.165) is 12.1 Å². The van der Waals surface area contributed by atoms with Crippen LogP contribution in [0.15, 0.2) is 12.1 Å². The lowest BCUT2D eigenvalue weighted by Gasteiger charge is -2.14. The molecule has 142 valence electrons. The number of nitrogens with two attached hydrogens (primary N) is 1. The molecule has 2 unspecified atom stereocenters. The minimum Gasteiger partial charge on any atom is -0.373 e. The maximum Gasteiger partial charge on any atom is 0.416 e. The van der Waals surface area contributed by atoms with E-state index in [2.05, 4.69) is 10.4 Å². The largest absolute Gasteiger partial charge is 0.416 e. The highest BCUT2D eigenvalue weighted by atomic mass is 35.5. The summed E-state index contributed by atoms with van der Waals surface area (Å²) in [6, 6.07) is 3.40. The molecule has 1 amide bonds. The Morgan fingerprint density at radius 1 is 1.41 bits per heavy atom. The number of aromatic nitrogens is 2. The number of rotatable bonds is 4. The van der Waals surface area contributed by atoms with E-state index in [1.807, 2.05) is 6.07 Å². The van der Waals surface area contributed by atoms with E-state index in [1.54, 1.807) is 7.05 Å². The second-order valence-corrected chi connectivity index (χ2v) is 6.84. The molecule has 1 heterocycles. The summed E-state index contributed by atoms with van der Waals surface area (Å²) >= 11 is 12.1. The lowest BCUT2D eigenvalue weighted by atomic mass is 10.1. The molecule has 0 radical (unpaired) electrons. The van der Waals surface area contributed by atoms with Crippen molar-refractivity contribution in [2.75, 3.05) is 12.4 Å². The number of carbonyl (C=O) groups is 1. The van der Waals surface area contributed by atoms with Crippen molar-refractivity contribution in [2.24, 2.45) is 11.7 Å². The van der Waals surface area contributed by atoms with Gasteiger partial charge in [0.2, 0.25) is 5.91 Å². The number of alkyl halides is 3. The molecule has 27 heavy (non-hydrogen) atoms. The first kappa shape index (κ1) is 19.3. The normalized spacial score (nSPS) is 18.9. The lowest BCUT2D eigenvalue weighted by Crippen LogP contribution is -2.14. The van der Waals surface area contributed by atoms with E-state index in [1.165, 1.54) is 4.68 Å². The van der Waals surface area contributed by atoms with Crippen LogP contribution in [0.5, 0.6) is 0 Å². The molecule has 0 saturated heterocycles. The summed E-state index contributed by atoms with van der Waals surface area (Å²) in [5.41, 5.74) is 4.77. The highest BCUT2D eigenvalue weighted by Crippen LogP contribution is 2.51. The summed E-state index contributed by atoms with van der Waals surface area (Å²) in [5, 5.41) is 15.8. The molecule has 3 N–H and O–H groups in total. The van der Waals surface area contributed by atoms with E-state index in [4.69, 9.17) is 28.9 Å². The van der Waals surface area contributed by atoms with Crippen LogP contribution >= 0.6 is 23.2 Å². The topological polar surface area (TPSA) is 96.7 Å². The number of nitrogens with one attached hydrogen (secondary N) is 1. The van der Waals surface area contributed by atoms with Crippen molar-refractivity contribution >= 4 is 34.9 Å². The number of hydrogen-bond donors (Lipinski definition) is 2. The number of nitrogens with zero attached hydrogens (tertiary/aromatic N) is 3. The van der Waals surface area contributed by atoms with Gasteiger partial charge in [0, 0.05) is 24.4 Å². The third-order valence-corrected chi connectivity index (χ3v) is 4.92. The zero-order chi connectivity index (χ0) is 20.1. The first-order valence-electron chi connectivity index (χ1n) is 7.66. The first-order chi connectivity index (χ1) is 12.6. The maximum atomic E-state index is 12.9. The van der Waals surface area contributed by atoms with Gasteiger partial charge in [-0.05, 0) is 18.6 Å². The minimum absolute atomic E-state index is 0.00490. The van der Waals surface area contributed by atoms with Crippen molar-refractivity contribution in [2.45, 2.75) is 18.5 Å². The fourth-order valence-electron chi connectivity index (χ4n) is 3.03. The predicted octanol–water partition coefficient (Wildman–Crippen LogP) is 3.70. The Bertz CT molecular complexity index is 957. The Balaban J connectivity index is 2.18. The van der Waals surface area contributed by atoms with Crippen LogP contribution in [0.1, 0.15) is 29.2 Å². The lowest BCUT2D eigenvalue weighted by molar-refractivity contribution is -0.137. The van der Waals surface area contributed by atoms with Crippen LogP contribution in [0.2, 0.25) is 10.0 Å². The highest BCUT2D eigenvalue weighted by molar-refractivity contribution is 6.38. The Morgan fingerprint density at radius 3 is 2.41 bits per heavy atom. The number of benzene rings is 1. The van der Waals surface area contributed by atoms with Crippen molar-refractivity contribution in [3.8, 4) is 11.8 Å². The van der Waals surface area contributed by atoms with E-state index in [9.17, 15) is 23.2 Å². The van der Waals surface area contributed by atoms with Gasteiger partial charge in [-0.15, -0.1) is 0 Å². The van der Waals surface area contributed by atoms with Crippen molar-refractivity contribution in [1.82, 2.24) is 9.78 Å². The second-order valence-electron chi connectivity index (χ2n) is 6.02. The molecule has 0 bridgehead atoms. The number of nitriles is 1. The standard InChI is InChI=1S/C16H12Cl2F3N5O/c1-24-15-12(7-4-8(7)14(23)27)11(5-22)25-26(15)13-9(17)2-6(3-10(13)18)16(19,20)21/h2-3,7-8,24H,4H2,1H3,(H2,23,27). The minimum atomic E-state index is -4.62. The molecule has 6 nitrogen and oxygen atoms in total. The number of primary amides is 1. The molecule has 1 aliphatic carbocycles. The van der Waals surface area contributed by atoms with Gasteiger partial charge in [-0.1, -0.05) is 23.2 Å². The zero-order valence-electron chi connectivity index (χ0n) is 13.7. The van der Waals surface area contributed by atoms with Crippen molar-refractivity contribution < 1.29 is 18.0 Å². The van der Waals surface area contributed by atoms with Gasteiger partial charge in [0.1, 0.15) is 17.6 Å². The van der Waals surface area contributed by atoms with Gasteiger partial charge >= 0.3 is 6.18 Å². The van der Waals surface area contributed by atoms with Crippen LogP contribution in [0.25, 0.3) is 5.69 Å². The van der Waals surface area contributed by atoms with E-state index in [0.29, 0.717) is 17.8 Å². The van der Waals surface area contributed by atoms with Crippen molar-refractivity contribution in [3.63, 3.8) is 0 Å². The average molecular weight is 418 g/mol. The van der Waals surface area contributed by atoms with Crippen LogP contribution in [0, 0.1) is 17.2 Å². The Hall–Kier alpha value is -2.44. The number of carbonyl (C=O) groups excluding carboxylic acids is 1. The monoisotopic (exact) mass is 417 g/mol. The van der Waals surface area contributed by atoms with Crippen LogP contribution in [-0.2, 0) is 11.0 Å². The van der Waals surface area contributed by atoms with Gasteiger partial charge in [0.05, 0.1) is 15.6 Å². The zero-order valence-corrected chi connectivity index (χ0v) is 15.2. The second kappa shape index (κ2) is 6.62. The molecular weight excluding hydrogens is 406 g/mol. The number of amides is 1. The summed E-state index contributed by atoms with van der Waals surface area (Å²) in [6.45, 7) is 0. The van der Waals surface area contributed by atoms with Crippen LogP contribution in [0.4, 0.5) is 19.0 Å². The molecule has 1 aromatic heterocycles. The molecule has 1 aromatic carbocycles. The molecule has 1 aliphatic rings. The van der Waals surface area contributed by atoms with Crippen molar-refractivity contribution in [3.05, 3.63) is 39.0 Å². The van der Waals surface area contributed by atoms with Crippen molar-refractivity contribution in [1.29, 1.82) is 5.26 Å². The number of hydrogen-bond acceptors (Lipinski definition) is 4. The van der Waals surface area contributed by atoms with Crippen LogP contribution in [-0.4, -0.2) is 22.7 Å². The summed E-state index contributed by atoms with van der Waals surface area (Å²) in [4.78, 5) is 11.4. The third-order valence-electron chi connectivity index (χ3n) is 4.35. The Kier molecular flexibility index (Phi) is 4.74. The molecule has 2 atom stereocenters. The molecule has 3 rings (SSSR count). The van der Waals surface area contributed by atoms with Gasteiger partial charge in [0.25, 0.3) is 0 Å². The van der Waals surface area contributed by atoms with Gasteiger partial charge in [-0.2, -0.15) is 23.5 Å². The van der Waals surface area contributed by atoms with Gasteiger partial charge < -0.3 is 11.1 Å². The smallest absolute Gasteiger partial charge is 0.373 e. The fraction of sp³-hybridized carbons (Fsp3) is 0.312. The molecular formula is C16H12Cl2F3N5O. The quantitative estimate of drug-likeness (QED) is 0.792. The van der Waals surface area contributed by atoms with E-state index < -0.39 is 23.6 Å². The molecule has 0 spiro atoms.